The van der Waals surface area contributed by atoms with Crippen LogP contribution in [-0.4, -0.2) is 59.0 Å². The maximum Gasteiger partial charge on any atom is 0.310 e. The number of aliphatic hydroxyl groups is 1. The fourth-order valence-corrected chi connectivity index (χ4v) is 2.70. The van der Waals surface area contributed by atoms with Gasteiger partial charge in [-0.3, -0.25) is 14.4 Å². The molecule has 9 heteroatoms. The third-order valence-electron chi connectivity index (χ3n) is 3.82. The van der Waals surface area contributed by atoms with Gasteiger partial charge in [0.25, 0.3) is 11.8 Å². The molecule has 2 aliphatic heterocycles. The average Bonchev–Trinajstić information content (AvgIpc) is 2.59. The van der Waals surface area contributed by atoms with Gasteiger partial charge in [-0.05, 0) is 12.5 Å². The van der Waals surface area contributed by atoms with Crippen molar-refractivity contribution in [2.45, 2.75) is 37.6 Å². The normalized spacial score (nSPS) is 34.8. The topological polar surface area (TPSA) is 142 Å². The number of hydrogen-bond acceptors (Lipinski definition) is 6. The number of carbonyl (C=O) groups excluding carboxylic acids is 3. The number of aliphatic hydroxyl groups excluding tert-OH is 1. The Labute approximate surface area is 126 Å². The Hall–Kier alpha value is -1.97. The zero-order chi connectivity index (χ0) is 16.3. The van der Waals surface area contributed by atoms with Gasteiger partial charge in [-0.15, -0.1) is 0 Å². The predicted octanol–water partition coefficient (Wildman–Crippen LogP) is -1.74. The van der Waals surface area contributed by atoms with Crippen molar-refractivity contribution in [3.8, 4) is 0 Å². The van der Waals surface area contributed by atoms with E-state index in [9.17, 15) is 24.7 Å². The van der Waals surface area contributed by atoms with E-state index in [0.29, 0.717) is 6.42 Å². The number of nitrogens with zero attached hydrogens (tertiary/aromatic N) is 1. The highest BCUT2D eigenvalue weighted by Crippen LogP contribution is 2.21. The van der Waals surface area contributed by atoms with E-state index in [1.807, 2.05) is 0 Å². The quantitative estimate of drug-likeness (QED) is 0.243. The molecule has 0 aliphatic carbocycles. The highest BCUT2D eigenvalue weighted by molar-refractivity contribution is 5.81. The largest absolute Gasteiger partial charge is 0.632 e. The predicted molar refractivity (Wildman–Crippen MR) is 73.4 cm³/mol. The average molecular weight is 313 g/mol. The summed E-state index contributed by atoms with van der Waals surface area (Å²) in [6, 6.07) is -1.90. The van der Waals surface area contributed by atoms with Crippen molar-refractivity contribution in [1.29, 1.82) is 0 Å². The number of nitrogens with two attached hydrogens (primary N) is 1. The molecule has 4 unspecified atom stereocenters. The molecule has 0 spiro atoms. The maximum absolute atomic E-state index is 12.8. The van der Waals surface area contributed by atoms with Gasteiger partial charge in [0.1, 0.15) is 6.04 Å². The zero-order valence-electron chi connectivity index (χ0n) is 11.9. The van der Waals surface area contributed by atoms with Crippen LogP contribution in [0.2, 0.25) is 0 Å². The molecule has 0 aromatic carbocycles. The molecule has 9 nitrogen and oxygen atoms in total. The molecule has 2 amide bonds. The minimum absolute atomic E-state index is 0.0380. The number of ether oxygens (including phenoxy) is 1. The van der Waals surface area contributed by atoms with Gasteiger partial charge in [-0.2, -0.15) is 0 Å². The molecule has 0 aromatic rings. The second-order valence-electron chi connectivity index (χ2n) is 5.52. The van der Waals surface area contributed by atoms with E-state index in [-0.39, 0.29) is 19.4 Å². The first-order valence-electron chi connectivity index (χ1n) is 7.01. The number of hydrogen-bond donors (Lipinski definition) is 3. The van der Waals surface area contributed by atoms with Gasteiger partial charge in [0, 0.05) is 6.42 Å². The summed E-state index contributed by atoms with van der Waals surface area (Å²) >= 11 is 0. The highest BCUT2D eigenvalue weighted by atomic mass is 16.6. The van der Waals surface area contributed by atoms with E-state index in [1.54, 1.807) is 12.2 Å². The van der Waals surface area contributed by atoms with Gasteiger partial charge in [-0.1, -0.05) is 6.08 Å². The Bertz CT molecular complexity index is 508. The van der Waals surface area contributed by atoms with Crippen LogP contribution in [0.25, 0.3) is 0 Å². The summed E-state index contributed by atoms with van der Waals surface area (Å²) in [7, 11) is 0. The molecule has 2 aliphatic rings. The summed E-state index contributed by atoms with van der Waals surface area (Å²) in [5, 5.41) is 24.6. The van der Waals surface area contributed by atoms with Crippen molar-refractivity contribution in [3.63, 3.8) is 0 Å². The number of primary amides is 1. The van der Waals surface area contributed by atoms with Crippen LogP contribution in [0.5, 0.6) is 0 Å². The van der Waals surface area contributed by atoms with Gasteiger partial charge in [0.2, 0.25) is 6.29 Å². The molecule has 2 heterocycles. The number of quaternary nitrogens is 1. The molecule has 0 aromatic heterocycles. The fraction of sp³-hybridized carbons (Fsp3) is 0.615. The molecule has 0 bridgehead atoms. The van der Waals surface area contributed by atoms with Gasteiger partial charge in [-0.25, -0.2) is 0 Å². The van der Waals surface area contributed by atoms with Crippen LogP contribution in [0.4, 0.5) is 0 Å². The lowest BCUT2D eigenvalue weighted by molar-refractivity contribution is -0.882. The minimum Gasteiger partial charge on any atom is -0.632 e. The minimum atomic E-state index is -1.42. The lowest BCUT2D eigenvalue weighted by atomic mass is 10.1. The van der Waals surface area contributed by atoms with Gasteiger partial charge in [0.05, 0.1) is 13.0 Å². The smallest absolute Gasteiger partial charge is 0.310 e. The van der Waals surface area contributed by atoms with Crippen LogP contribution in [0, 0.1) is 5.21 Å². The summed E-state index contributed by atoms with van der Waals surface area (Å²) in [6.07, 6.45) is 2.63. The standard InChI is InChI=1S/C13H19N3O6/c14-12(19)9-4-2-1-3-5-16(9,21)7-10(17)15-8-6-11(18)22-13(8)20/h1,3,8-9,13,20H,2,4-7H2,(H2,14,19)(H,15,17). The van der Waals surface area contributed by atoms with Crippen LogP contribution < -0.4 is 11.1 Å². The second-order valence-corrected chi connectivity index (χ2v) is 5.52. The van der Waals surface area contributed by atoms with Gasteiger partial charge >= 0.3 is 5.97 Å². The number of nitrogens with one attached hydrogen (secondary N) is 1. The Balaban J connectivity index is 2.02. The van der Waals surface area contributed by atoms with E-state index >= 15 is 0 Å². The van der Waals surface area contributed by atoms with Crippen LogP contribution in [0.15, 0.2) is 12.2 Å². The first-order valence-corrected chi connectivity index (χ1v) is 7.01. The molecular weight excluding hydrogens is 294 g/mol. The molecule has 4 atom stereocenters. The highest BCUT2D eigenvalue weighted by Gasteiger charge is 2.38. The second kappa shape index (κ2) is 6.42. The molecule has 1 fully saturated rings. The van der Waals surface area contributed by atoms with Crippen LogP contribution in [0.3, 0.4) is 0 Å². The third-order valence-corrected chi connectivity index (χ3v) is 3.82. The number of allylic oxidation sites excluding steroid dienone is 1. The van der Waals surface area contributed by atoms with Crippen LogP contribution >= 0.6 is 0 Å². The van der Waals surface area contributed by atoms with E-state index in [0.717, 1.165) is 0 Å². The molecule has 22 heavy (non-hydrogen) atoms. The SMILES string of the molecule is NC(=O)C1CCC=CC[N+]1([O-])CC(=O)NC1CC(=O)OC1O. The Morgan fingerprint density at radius 2 is 2.23 bits per heavy atom. The monoisotopic (exact) mass is 313 g/mol. The van der Waals surface area contributed by atoms with E-state index in [1.165, 1.54) is 0 Å². The van der Waals surface area contributed by atoms with Crippen molar-refractivity contribution < 1.29 is 28.9 Å². The zero-order valence-corrected chi connectivity index (χ0v) is 11.9. The summed E-state index contributed by atoms with van der Waals surface area (Å²) in [5.74, 6) is -2.04. The molecule has 0 radical (unpaired) electrons. The maximum atomic E-state index is 12.8. The number of cyclic esters (lactones) is 1. The first kappa shape index (κ1) is 16.4. The lowest BCUT2D eigenvalue weighted by Gasteiger charge is -2.45. The van der Waals surface area contributed by atoms with Crippen LogP contribution in [-0.2, 0) is 19.1 Å². The summed E-state index contributed by atoms with van der Waals surface area (Å²) in [6.45, 7) is -0.557. The Morgan fingerprint density at radius 1 is 1.50 bits per heavy atom. The van der Waals surface area contributed by atoms with Crippen molar-refractivity contribution in [3.05, 3.63) is 17.4 Å². The number of rotatable bonds is 4. The lowest BCUT2D eigenvalue weighted by Crippen LogP contribution is -2.60. The summed E-state index contributed by atoms with van der Waals surface area (Å²) < 4.78 is 3.43. The van der Waals surface area contributed by atoms with Crippen molar-refractivity contribution in [2.24, 2.45) is 5.73 Å². The number of hydroxylamine groups is 3. The van der Waals surface area contributed by atoms with E-state index in [4.69, 9.17) is 5.73 Å². The molecule has 0 saturated carbocycles. The molecular formula is C13H19N3O6. The Morgan fingerprint density at radius 3 is 2.82 bits per heavy atom. The molecule has 2 rings (SSSR count). The number of esters is 1. The summed E-state index contributed by atoms with van der Waals surface area (Å²) in [5.41, 5.74) is 5.27. The van der Waals surface area contributed by atoms with Crippen molar-refractivity contribution >= 4 is 17.8 Å². The molecule has 1 saturated heterocycles. The molecule has 4 N–H and O–H groups in total. The van der Waals surface area contributed by atoms with Crippen molar-refractivity contribution in [1.82, 2.24) is 5.32 Å². The molecule has 122 valence electrons. The first-order chi connectivity index (χ1) is 10.3. The number of carbonyl (C=O) groups is 3. The Kier molecular flexibility index (Phi) is 4.79. The van der Waals surface area contributed by atoms with Gasteiger partial charge < -0.3 is 30.7 Å². The third kappa shape index (κ3) is 3.62. The summed E-state index contributed by atoms with van der Waals surface area (Å²) in [4.78, 5) is 34.5. The van der Waals surface area contributed by atoms with Crippen molar-refractivity contribution in [2.75, 3.05) is 13.1 Å². The van der Waals surface area contributed by atoms with Crippen LogP contribution in [0.1, 0.15) is 19.3 Å². The van der Waals surface area contributed by atoms with E-state index < -0.39 is 47.3 Å². The fourth-order valence-electron chi connectivity index (χ4n) is 2.70. The van der Waals surface area contributed by atoms with E-state index in [2.05, 4.69) is 10.1 Å². The number of amides is 2. The van der Waals surface area contributed by atoms with Gasteiger partial charge in [0.15, 0.2) is 12.6 Å².